The monoisotopic (exact) mass is 115 g/mol. The van der Waals surface area contributed by atoms with E-state index in [2.05, 4.69) is 19.2 Å². The molecule has 0 aliphatic carbocycles. The van der Waals surface area contributed by atoms with Crippen molar-refractivity contribution < 1.29 is 4.79 Å². The Morgan fingerprint density at radius 1 is 1.86 bits per heavy atom. The van der Waals surface area contributed by atoms with Gasteiger partial charge in [0.15, 0.2) is 0 Å². The molecule has 7 heavy (non-hydrogen) atoms. The smallest absolute Gasteiger partial charge is 0.222 e. The molecule has 0 aromatic carbocycles. The molecule has 1 radical (unpaired) electrons. The number of rotatable bonds is 2. The minimum Gasteiger partial charge on any atom is -0.282 e. The van der Waals surface area contributed by atoms with E-state index in [1.165, 1.54) is 0 Å². The maximum atomic E-state index is 10.0. The molecule has 0 heterocycles. The molecule has 0 saturated carbocycles. The summed E-state index contributed by atoms with van der Waals surface area (Å²) in [6, 6.07) is 0. The molecular formula is C5H7OS. The van der Waals surface area contributed by atoms with E-state index in [-0.39, 0.29) is 5.12 Å². The molecule has 0 rings (SSSR count). The van der Waals surface area contributed by atoms with E-state index in [1.807, 2.05) is 0 Å². The second kappa shape index (κ2) is 2.75. The van der Waals surface area contributed by atoms with Gasteiger partial charge in [-0.05, 0) is 19.6 Å². The minimum atomic E-state index is -0.229. The van der Waals surface area contributed by atoms with Crippen LogP contribution in [0.5, 0.6) is 0 Å². The van der Waals surface area contributed by atoms with Gasteiger partial charge in [-0.1, -0.05) is 12.2 Å². The van der Waals surface area contributed by atoms with Gasteiger partial charge in [-0.25, -0.2) is 0 Å². The number of carbonyl (C=O) groups excluding carboxylic acids is 1. The normalized spacial score (nSPS) is 8.14. The molecule has 0 N–H and O–H groups in total. The van der Waals surface area contributed by atoms with Crippen LogP contribution < -0.4 is 0 Å². The predicted octanol–water partition coefficient (Wildman–Crippen LogP) is 1.68. The summed E-state index contributed by atoms with van der Waals surface area (Å²) in [5, 5.41) is -0.229. The molecule has 0 bridgehead atoms. The lowest BCUT2D eigenvalue weighted by Gasteiger charge is -1.85. The van der Waals surface area contributed by atoms with Crippen LogP contribution in [0.25, 0.3) is 0 Å². The second-order valence-electron chi connectivity index (χ2n) is 1.51. The molecular weight excluding hydrogens is 108 g/mol. The molecule has 1 nitrogen and oxygen atoms in total. The molecule has 0 amide bonds. The summed E-state index contributed by atoms with van der Waals surface area (Å²) in [5.74, 6) is 0. The Bertz CT molecular complexity index is 84.3. The predicted molar refractivity (Wildman–Crippen MR) is 32.0 cm³/mol. The van der Waals surface area contributed by atoms with E-state index in [0.717, 1.165) is 5.57 Å². The number of allylic oxidation sites excluding steroid dienone is 1. The maximum absolute atomic E-state index is 10.0. The first-order chi connectivity index (χ1) is 3.13. The van der Waals surface area contributed by atoms with Gasteiger partial charge in [0, 0.05) is 6.42 Å². The number of carbonyl (C=O) groups is 1. The quantitative estimate of drug-likeness (QED) is 0.500. The fourth-order valence-corrected chi connectivity index (χ4v) is 0.493. The van der Waals surface area contributed by atoms with Crippen LogP contribution in [-0.4, -0.2) is 5.12 Å². The Balaban J connectivity index is 3.32. The highest BCUT2D eigenvalue weighted by atomic mass is 32.1. The van der Waals surface area contributed by atoms with E-state index in [4.69, 9.17) is 0 Å². The summed E-state index contributed by atoms with van der Waals surface area (Å²) >= 11 is 4.26. The summed E-state index contributed by atoms with van der Waals surface area (Å²) in [6.45, 7) is 5.29. The molecule has 0 fully saturated rings. The summed E-state index contributed by atoms with van der Waals surface area (Å²) < 4.78 is 0. The largest absolute Gasteiger partial charge is 0.282 e. The van der Waals surface area contributed by atoms with Crippen LogP contribution in [0.4, 0.5) is 0 Å². The van der Waals surface area contributed by atoms with Gasteiger partial charge in [-0.15, -0.1) is 0 Å². The van der Waals surface area contributed by atoms with Crippen LogP contribution in [0.3, 0.4) is 0 Å². The van der Waals surface area contributed by atoms with E-state index in [0.29, 0.717) is 6.42 Å². The Morgan fingerprint density at radius 2 is 2.29 bits per heavy atom. The topological polar surface area (TPSA) is 17.1 Å². The van der Waals surface area contributed by atoms with Crippen LogP contribution >= 0.6 is 12.6 Å². The highest BCUT2D eigenvalue weighted by molar-refractivity contribution is 7.96. The van der Waals surface area contributed by atoms with Crippen molar-refractivity contribution in [2.24, 2.45) is 0 Å². The molecule has 0 spiro atoms. The second-order valence-corrected chi connectivity index (χ2v) is 1.96. The summed E-state index contributed by atoms with van der Waals surface area (Å²) in [6.07, 6.45) is 0.343. The first kappa shape index (κ1) is 6.63. The minimum absolute atomic E-state index is 0.229. The number of hydrogen-bond acceptors (Lipinski definition) is 1. The zero-order valence-corrected chi connectivity index (χ0v) is 5.05. The van der Waals surface area contributed by atoms with Gasteiger partial charge in [-0.3, -0.25) is 4.79 Å². The molecule has 0 saturated heterocycles. The van der Waals surface area contributed by atoms with Crippen LogP contribution in [0.1, 0.15) is 13.3 Å². The molecule has 0 aromatic heterocycles. The molecule has 2 heteroatoms. The Morgan fingerprint density at radius 3 is 2.29 bits per heavy atom. The molecule has 39 valence electrons. The van der Waals surface area contributed by atoms with Crippen molar-refractivity contribution in [1.29, 1.82) is 0 Å². The fourth-order valence-electron chi connectivity index (χ4n) is 0.246. The first-order valence-electron chi connectivity index (χ1n) is 1.97. The molecule has 0 atom stereocenters. The van der Waals surface area contributed by atoms with Crippen molar-refractivity contribution in [2.75, 3.05) is 0 Å². The number of hydrogen-bond donors (Lipinski definition) is 0. The molecule has 0 unspecified atom stereocenters. The van der Waals surface area contributed by atoms with Gasteiger partial charge in [0.1, 0.15) is 0 Å². The third-order valence-corrected chi connectivity index (χ3v) is 0.590. The fraction of sp³-hybridized carbons (Fsp3) is 0.400. The lowest BCUT2D eigenvalue weighted by Crippen LogP contribution is -1.83. The highest BCUT2D eigenvalue weighted by Crippen LogP contribution is 1.97. The van der Waals surface area contributed by atoms with Crippen LogP contribution in [0.15, 0.2) is 12.2 Å². The van der Waals surface area contributed by atoms with Crippen molar-refractivity contribution in [3.63, 3.8) is 0 Å². The lowest BCUT2D eigenvalue weighted by atomic mass is 10.3. The first-order valence-corrected chi connectivity index (χ1v) is 2.38. The average Bonchev–Trinajstić information content (AvgIpc) is 1.27. The van der Waals surface area contributed by atoms with E-state index >= 15 is 0 Å². The van der Waals surface area contributed by atoms with Crippen LogP contribution in [0, 0.1) is 0 Å². The van der Waals surface area contributed by atoms with Gasteiger partial charge in [0.2, 0.25) is 5.12 Å². The zero-order valence-electron chi connectivity index (χ0n) is 4.23. The van der Waals surface area contributed by atoms with Gasteiger partial charge < -0.3 is 0 Å². The third-order valence-electron chi connectivity index (χ3n) is 0.446. The van der Waals surface area contributed by atoms with Crippen molar-refractivity contribution >= 4 is 17.7 Å². The zero-order chi connectivity index (χ0) is 5.86. The maximum Gasteiger partial charge on any atom is 0.222 e. The molecule has 0 aliphatic heterocycles. The lowest BCUT2D eigenvalue weighted by molar-refractivity contribution is -0.110. The summed E-state index contributed by atoms with van der Waals surface area (Å²) in [5.41, 5.74) is 0.833. The van der Waals surface area contributed by atoms with Crippen molar-refractivity contribution in [3.05, 3.63) is 12.2 Å². The van der Waals surface area contributed by atoms with Gasteiger partial charge in [-0.2, -0.15) is 0 Å². The highest BCUT2D eigenvalue weighted by Gasteiger charge is 1.91. The van der Waals surface area contributed by atoms with Crippen molar-refractivity contribution in [3.8, 4) is 0 Å². The third kappa shape index (κ3) is 5.63. The Labute approximate surface area is 48.8 Å². The molecule has 0 aliphatic rings. The van der Waals surface area contributed by atoms with Crippen LogP contribution in [-0.2, 0) is 4.79 Å². The summed E-state index contributed by atoms with van der Waals surface area (Å²) in [7, 11) is 0. The van der Waals surface area contributed by atoms with Crippen molar-refractivity contribution in [1.82, 2.24) is 0 Å². The van der Waals surface area contributed by atoms with E-state index in [1.54, 1.807) is 6.92 Å². The van der Waals surface area contributed by atoms with Crippen LogP contribution in [0.2, 0.25) is 0 Å². The Kier molecular flexibility index (Phi) is 2.60. The Hall–Kier alpha value is -0.370. The van der Waals surface area contributed by atoms with Gasteiger partial charge >= 0.3 is 0 Å². The van der Waals surface area contributed by atoms with E-state index < -0.39 is 0 Å². The average molecular weight is 115 g/mol. The summed E-state index contributed by atoms with van der Waals surface area (Å²) in [4.78, 5) is 10.0. The van der Waals surface area contributed by atoms with Crippen molar-refractivity contribution in [2.45, 2.75) is 13.3 Å². The van der Waals surface area contributed by atoms with E-state index in [9.17, 15) is 4.79 Å². The SMILES string of the molecule is C=C(C)CC(=O)[S]. The standard InChI is InChI=1S/C5H7OS/c1-4(2)3-5(6)7/h1,3H2,2H3. The van der Waals surface area contributed by atoms with Gasteiger partial charge in [0.05, 0.1) is 0 Å². The molecule has 0 aromatic rings. The van der Waals surface area contributed by atoms with Gasteiger partial charge in [0.25, 0.3) is 0 Å².